The van der Waals surface area contributed by atoms with Crippen LogP contribution in [0, 0.1) is 0 Å². The highest BCUT2D eigenvalue weighted by Crippen LogP contribution is 2.17. The van der Waals surface area contributed by atoms with Gasteiger partial charge in [0.15, 0.2) is 5.78 Å². The van der Waals surface area contributed by atoms with Gasteiger partial charge in [0.05, 0.1) is 12.7 Å². The van der Waals surface area contributed by atoms with Crippen molar-refractivity contribution >= 4 is 5.78 Å². The summed E-state index contributed by atoms with van der Waals surface area (Å²) in [6.07, 6.45) is 1.88. The second kappa shape index (κ2) is 4.00. The first-order valence-corrected chi connectivity index (χ1v) is 3.87. The Morgan fingerprint density at radius 3 is 2.92 bits per heavy atom. The number of ether oxygens (including phenoxy) is 1. The van der Waals surface area contributed by atoms with E-state index in [0.717, 1.165) is 0 Å². The van der Waals surface area contributed by atoms with E-state index in [2.05, 4.69) is 4.98 Å². The van der Waals surface area contributed by atoms with Gasteiger partial charge in [-0.05, 0) is 13.0 Å². The molecule has 0 aromatic carbocycles. The predicted octanol–water partition coefficient (Wildman–Crippen LogP) is 0.654. The van der Waals surface area contributed by atoms with Gasteiger partial charge in [0.1, 0.15) is 11.9 Å². The molecule has 0 saturated heterocycles. The van der Waals surface area contributed by atoms with Crippen LogP contribution in [0.1, 0.15) is 17.3 Å². The molecule has 0 radical (unpaired) electrons. The molecule has 0 aliphatic rings. The number of ketones is 1. The van der Waals surface area contributed by atoms with Gasteiger partial charge in [0, 0.05) is 12.4 Å². The molecule has 0 aliphatic heterocycles. The van der Waals surface area contributed by atoms with E-state index in [1.165, 1.54) is 26.4 Å². The Morgan fingerprint density at radius 1 is 1.69 bits per heavy atom. The third-order valence-electron chi connectivity index (χ3n) is 1.65. The van der Waals surface area contributed by atoms with Gasteiger partial charge in [-0.3, -0.25) is 9.78 Å². The number of Topliss-reactive ketones (excluding diaryl/α,β-unsaturated/α-hetero) is 1. The van der Waals surface area contributed by atoms with E-state index in [1.54, 1.807) is 6.07 Å². The lowest BCUT2D eigenvalue weighted by Gasteiger charge is -2.07. The molecule has 0 bridgehead atoms. The molecule has 1 aromatic heterocycles. The van der Waals surface area contributed by atoms with Crippen LogP contribution in [0.2, 0.25) is 0 Å². The highest BCUT2D eigenvalue weighted by Gasteiger charge is 2.16. The van der Waals surface area contributed by atoms with Crippen molar-refractivity contribution in [3.8, 4) is 5.75 Å². The summed E-state index contributed by atoms with van der Waals surface area (Å²) in [6, 6.07) is 1.58. The van der Waals surface area contributed by atoms with E-state index in [9.17, 15) is 4.79 Å². The number of methoxy groups -OCH3 is 1. The molecule has 13 heavy (non-hydrogen) atoms. The van der Waals surface area contributed by atoms with Crippen LogP contribution in [-0.4, -0.2) is 29.1 Å². The summed E-state index contributed by atoms with van der Waals surface area (Å²) in [6.45, 7) is 1.41. The molecular weight excluding hydrogens is 170 g/mol. The lowest BCUT2D eigenvalue weighted by atomic mass is 10.1. The third kappa shape index (κ3) is 2.03. The zero-order chi connectivity index (χ0) is 9.84. The quantitative estimate of drug-likeness (QED) is 0.695. The van der Waals surface area contributed by atoms with Crippen LogP contribution in [0.3, 0.4) is 0 Å². The van der Waals surface area contributed by atoms with E-state index in [4.69, 9.17) is 9.84 Å². The fourth-order valence-electron chi connectivity index (χ4n) is 0.970. The molecule has 1 atom stereocenters. The fraction of sp³-hybridized carbons (Fsp3) is 0.333. The van der Waals surface area contributed by atoms with Crippen LogP contribution in [0.25, 0.3) is 0 Å². The molecular formula is C9H11NO3. The summed E-state index contributed by atoms with van der Waals surface area (Å²) in [5, 5.41) is 9.06. The molecule has 1 aromatic rings. The van der Waals surface area contributed by atoms with Crippen LogP contribution in [-0.2, 0) is 0 Å². The number of hydrogen-bond acceptors (Lipinski definition) is 4. The van der Waals surface area contributed by atoms with Crippen LogP contribution >= 0.6 is 0 Å². The van der Waals surface area contributed by atoms with Crippen molar-refractivity contribution in [2.24, 2.45) is 0 Å². The average molecular weight is 181 g/mol. The predicted molar refractivity (Wildman–Crippen MR) is 46.8 cm³/mol. The van der Waals surface area contributed by atoms with E-state index >= 15 is 0 Å². The Labute approximate surface area is 76.2 Å². The number of pyridine rings is 1. The van der Waals surface area contributed by atoms with Gasteiger partial charge < -0.3 is 9.84 Å². The zero-order valence-corrected chi connectivity index (χ0v) is 7.52. The number of hydrogen-bond donors (Lipinski definition) is 1. The molecule has 0 fully saturated rings. The summed E-state index contributed by atoms with van der Waals surface area (Å²) in [7, 11) is 1.47. The van der Waals surface area contributed by atoms with E-state index in [-0.39, 0.29) is 5.78 Å². The fourth-order valence-corrected chi connectivity index (χ4v) is 0.970. The van der Waals surface area contributed by atoms with E-state index in [1.807, 2.05) is 0 Å². The number of nitrogens with zero attached hydrogens (tertiary/aromatic N) is 1. The molecule has 1 heterocycles. The van der Waals surface area contributed by atoms with Crippen molar-refractivity contribution in [1.29, 1.82) is 0 Å². The van der Waals surface area contributed by atoms with Crippen molar-refractivity contribution < 1.29 is 14.6 Å². The summed E-state index contributed by atoms with van der Waals surface area (Å²) in [5.74, 6) is 0.0471. The van der Waals surface area contributed by atoms with Gasteiger partial charge in [-0.15, -0.1) is 0 Å². The highest BCUT2D eigenvalue weighted by molar-refractivity contribution is 6.01. The number of aromatic nitrogens is 1. The molecule has 0 saturated carbocycles. The van der Waals surface area contributed by atoms with Gasteiger partial charge in [0.25, 0.3) is 0 Å². The van der Waals surface area contributed by atoms with Gasteiger partial charge in [-0.2, -0.15) is 0 Å². The second-order valence-electron chi connectivity index (χ2n) is 2.62. The molecule has 1 N–H and O–H groups in total. The Morgan fingerprint density at radius 2 is 2.38 bits per heavy atom. The summed E-state index contributed by atoms with van der Waals surface area (Å²) >= 11 is 0. The van der Waals surface area contributed by atoms with Crippen molar-refractivity contribution in [2.45, 2.75) is 13.0 Å². The maximum absolute atomic E-state index is 11.4. The van der Waals surface area contributed by atoms with Crippen LogP contribution in [0.15, 0.2) is 18.5 Å². The molecule has 0 amide bonds. The average Bonchev–Trinajstić information content (AvgIpc) is 2.16. The maximum atomic E-state index is 11.4. The first kappa shape index (κ1) is 9.67. The lowest BCUT2D eigenvalue weighted by molar-refractivity contribution is 0.0776. The van der Waals surface area contributed by atoms with Gasteiger partial charge in [-0.1, -0.05) is 0 Å². The first-order valence-electron chi connectivity index (χ1n) is 3.87. The third-order valence-corrected chi connectivity index (χ3v) is 1.65. The normalized spacial score (nSPS) is 12.2. The topological polar surface area (TPSA) is 59.4 Å². The van der Waals surface area contributed by atoms with Crippen molar-refractivity contribution in [2.75, 3.05) is 7.11 Å². The standard InChI is InChI=1S/C9H11NO3/c1-6(11)9(12)7-5-10-4-3-8(7)13-2/h3-6,11H,1-2H3. The van der Waals surface area contributed by atoms with E-state index < -0.39 is 6.10 Å². The second-order valence-corrected chi connectivity index (χ2v) is 2.62. The van der Waals surface area contributed by atoms with Crippen molar-refractivity contribution in [3.05, 3.63) is 24.0 Å². The Balaban J connectivity index is 3.06. The first-order chi connectivity index (χ1) is 6.16. The van der Waals surface area contributed by atoms with Crippen LogP contribution < -0.4 is 4.74 Å². The number of carbonyl (C=O) groups excluding carboxylic acids is 1. The largest absolute Gasteiger partial charge is 0.496 e. The minimum atomic E-state index is -1.03. The SMILES string of the molecule is COc1ccncc1C(=O)C(C)O. The Kier molecular flexibility index (Phi) is 2.97. The maximum Gasteiger partial charge on any atom is 0.196 e. The number of aliphatic hydroxyl groups excluding tert-OH is 1. The molecule has 0 aliphatic carbocycles. The molecule has 1 unspecified atom stereocenters. The molecule has 70 valence electrons. The molecule has 1 rings (SSSR count). The lowest BCUT2D eigenvalue weighted by Crippen LogP contribution is -2.17. The Hall–Kier alpha value is -1.42. The summed E-state index contributed by atoms with van der Waals surface area (Å²) < 4.78 is 4.94. The van der Waals surface area contributed by atoms with Gasteiger partial charge in [-0.25, -0.2) is 0 Å². The number of carbonyl (C=O) groups is 1. The minimum absolute atomic E-state index is 0.306. The van der Waals surface area contributed by atoms with Gasteiger partial charge >= 0.3 is 0 Å². The molecule has 0 spiro atoms. The monoisotopic (exact) mass is 181 g/mol. The summed E-state index contributed by atoms with van der Waals surface area (Å²) in [5.41, 5.74) is 0.306. The zero-order valence-electron chi connectivity index (χ0n) is 7.52. The highest BCUT2D eigenvalue weighted by atomic mass is 16.5. The number of rotatable bonds is 3. The van der Waals surface area contributed by atoms with Crippen molar-refractivity contribution in [1.82, 2.24) is 4.98 Å². The molecule has 4 heteroatoms. The Bertz CT molecular complexity index is 309. The van der Waals surface area contributed by atoms with Crippen LogP contribution in [0.5, 0.6) is 5.75 Å². The van der Waals surface area contributed by atoms with Crippen LogP contribution in [0.4, 0.5) is 0 Å². The smallest absolute Gasteiger partial charge is 0.196 e. The van der Waals surface area contributed by atoms with E-state index in [0.29, 0.717) is 11.3 Å². The molecule has 4 nitrogen and oxygen atoms in total. The summed E-state index contributed by atoms with van der Waals surface area (Å²) in [4.78, 5) is 15.1. The van der Waals surface area contributed by atoms with Gasteiger partial charge in [0.2, 0.25) is 0 Å². The minimum Gasteiger partial charge on any atom is -0.496 e. The number of aliphatic hydroxyl groups is 1. The van der Waals surface area contributed by atoms with Crippen molar-refractivity contribution in [3.63, 3.8) is 0 Å².